The number of piperidine rings is 1. The van der Waals surface area contributed by atoms with Gasteiger partial charge in [-0.2, -0.15) is 0 Å². The van der Waals surface area contributed by atoms with Crippen LogP contribution < -0.4 is 15.5 Å². The molecule has 1 aliphatic heterocycles. The normalized spacial score (nSPS) is 17.6. The van der Waals surface area contributed by atoms with Gasteiger partial charge in [0.1, 0.15) is 0 Å². The SMILES string of the molecule is CN(C)c1ccc(CN(C(=S)Nc2ccc(Cl)c(Cl)c2)C2CC(C)(C)NC(C)(C)C2)cc1. The molecule has 0 aliphatic carbocycles. The van der Waals surface area contributed by atoms with Crippen LogP contribution >= 0.6 is 35.4 Å². The minimum Gasteiger partial charge on any atom is -0.378 e. The number of rotatable bonds is 5. The van der Waals surface area contributed by atoms with E-state index in [0.29, 0.717) is 15.2 Å². The topological polar surface area (TPSA) is 30.5 Å². The molecule has 2 aromatic rings. The molecule has 0 spiro atoms. The Bertz CT molecular complexity index is 941. The number of hydrogen-bond acceptors (Lipinski definition) is 3. The molecule has 1 aliphatic rings. The predicted octanol–water partition coefficient (Wildman–Crippen LogP) is 6.57. The minimum absolute atomic E-state index is 0.0125. The summed E-state index contributed by atoms with van der Waals surface area (Å²) in [5, 5.41) is 8.90. The maximum absolute atomic E-state index is 6.23. The Labute approximate surface area is 208 Å². The van der Waals surface area contributed by atoms with E-state index in [4.69, 9.17) is 35.4 Å². The van der Waals surface area contributed by atoms with Gasteiger partial charge in [0.2, 0.25) is 0 Å². The van der Waals surface area contributed by atoms with Gasteiger partial charge in [-0.15, -0.1) is 0 Å². The summed E-state index contributed by atoms with van der Waals surface area (Å²) < 4.78 is 0. The van der Waals surface area contributed by atoms with E-state index in [-0.39, 0.29) is 17.1 Å². The third-order valence-electron chi connectivity index (χ3n) is 5.85. The van der Waals surface area contributed by atoms with Gasteiger partial charge in [0, 0.05) is 49.1 Å². The second-order valence-corrected chi connectivity index (χ2v) is 11.4. The molecule has 0 aromatic heterocycles. The molecule has 0 amide bonds. The number of thiocarbonyl (C=S) groups is 1. The third-order valence-corrected chi connectivity index (χ3v) is 6.92. The first kappa shape index (κ1) is 25.1. The number of benzene rings is 2. The van der Waals surface area contributed by atoms with E-state index in [1.807, 2.05) is 12.1 Å². The zero-order valence-electron chi connectivity index (χ0n) is 19.8. The molecule has 7 heteroatoms. The van der Waals surface area contributed by atoms with Crippen molar-refractivity contribution in [3.05, 3.63) is 58.1 Å². The van der Waals surface area contributed by atoms with Gasteiger partial charge in [-0.3, -0.25) is 0 Å². The highest BCUT2D eigenvalue weighted by atomic mass is 35.5. The molecule has 3 rings (SSSR count). The van der Waals surface area contributed by atoms with Crippen molar-refractivity contribution in [2.24, 2.45) is 0 Å². The summed E-state index contributed by atoms with van der Waals surface area (Å²) in [6.07, 6.45) is 1.99. The fraction of sp³-hybridized carbons (Fsp3) is 0.480. The fourth-order valence-corrected chi connectivity index (χ4v) is 5.35. The molecule has 1 saturated heterocycles. The lowest BCUT2D eigenvalue weighted by Crippen LogP contribution is -2.63. The molecule has 4 nitrogen and oxygen atoms in total. The number of nitrogens with one attached hydrogen (secondary N) is 2. The Morgan fingerprint density at radius 3 is 2.12 bits per heavy atom. The standard InChI is InChI=1S/C25H34Cl2N4S/c1-24(2)14-20(15-25(3,4)29-24)31(16-17-7-10-19(11-8-17)30(5)6)23(32)28-18-9-12-21(26)22(27)13-18/h7-13,20,29H,14-16H2,1-6H3,(H,28,32). The fourth-order valence-electron chi connectivity index (χ4n) is 4.72. The van der Waals surface area contributed by atoms with Gasteiger partial charge in [-0.05, 0) is 88.6 Å². The maximum atomic E-state index is 6.23. The molecular weight excluding hydrogens is 459 g/mol. The van der Waals surface area contributed by atoms with Crippen molar-refractivity contribution in [3.8, 4) is 0 Å². The zero-order chi connectivity index (χ0) is 23.7. The number of halogens is 2. The van der Waals surface area contributed by atoms with Gasteiger partial charge in [-0.25, -0.2) is 0 Å². The van der Waals surface area contributed by atoms with Crippen LogP contribution in [-0.2, 0) is 6.54 Å². The molecule has 174 valence electrons. The Kier molecular flexibility index (Phi) is 7.66. The lowest BCUT2D eigenvalue weighted by atomic mass is 9.79. The van der Waals surface area contributed by atoms with Gasteiger partial charge < -0.3 is 20.4 Å². The largest absolute Gasteiger partial charge is 0.378 e. The van der Waals surface area contributed by atoms with Crippen molar-refractivity contribution in [1.82, 2.24) is 10.2 Å². The van der Waals surface area contributed by atoms with Crippen LogP contribution in [0.2, 0.25) is 10.0 Å². The molecule has 0 bridgehead atoms. The van der Waals surface area contributed by atoms with Gasteiger partial charge in [-0.1, -0.05) is 35.3 Å². The first-order valence-corrected chi connectivity index (χ1v) is 12.1. The van der Waals surface area contributed by atoms with Crippen molar-refractivity contribution in [1.29, 1.82) is 0 Å². The van der Waals surface area contributed by atoms with Gasteiger partial charge in [0.25, 0.3) is 0 Å². The van der Waals surface area contributed by atoms with Crippen LogP contribution in [0.25, 0.3) is 0 Å². The summed E-state index contributed by atoms with van der Waals surface area (Å²) in [5.41, 5.74) is 3.27. The second-order valence-electron chi connectivity index (χ2n) is 10.2. The summed E-state index contributed by atoms with van der Waals surface area (Å²) >= 11 is 18.3. The van der Waals surface area contributed by atoms with Crippen LogP contribution in [0.4, 0.5) is 11.4 Å². The quantitative estimate of drug-likeness (QED) is 0.460. The molecule has 32 heavy (non-hydrogen) atoms. The molecule has 2 N–H and O–H groups in total. The van der Waals surface area contributed by atoms with E-state index in [1.54, 1.807) is 6.07 Å². The Morgan fingerprint density at radius 2 is 1.59 bits per heavy atom. The molecule has 0 unspecified atom stereocenters. The van der Waals surface area contributed by atoms with Crippen molar-refractivity contribution in [3.63, 3.8) is 0 Å². The van der Waals surface area contributed by atoms with E-state index in [2.05, 4.69) is 86.5 Å². The monoisotopic (exact) mass is 492 g/mol. The van der Waals surface area contributed by atoms with Crippen LogP contribution in [0.5, 0.6) is 0 Å². The molecule has 0 atom stereocenters. The smallest absolute Gasteiger partial charge is 0.173 e. The summed E-state index contributed by atoms with van der Waals surface area (Å²) in [5.74, 6) is 0. The van der Waals surface area contributed by atoms with Crippen LogP contribution in [0, 0.1) is 0 Å². The zero-order valence-corrected chi connectivity index (χ0v) is 22.1. The van der Waals surface area contributed by atoms with Gasteiger partial charge in [0.15, 0.2) is 5.11 Å². The Hall–Kier alpha value is -1.53. The van der Waals surface area contributed by atoms with Crippen LogP contribution in [-0.4, -0.2) is 41.2 Å². The highest BCUT2D eigenvalue weighted by Crippen LogP contribution is 2.33. The van der Waals surface area contributed by atoms with E-state index >= 15 is 0 Å². The van der Waals surface area contributed by atoms with Crippen molar-refractivity contribution >= 4 is 51.9 Å². The summed E-state index contributed by atoms with van der Waals surface area (Å²) in [6, 6.07) is 14.5. The van der Waals surface area contributed by atoms with Crippen LogP contribution in [0.15, 0.2) is 42.5 Å². The third kappa shape index (κ3) is 6.50. The van der Waals surface area contributed by atoms with E-state index in [0.717, 1.165) is 25.1 Å². The predicted molar refractivity (Wildman–Crippen MR) is 143 cm³/mol. The first-order valence-electron chi connectivity index (χ1n) is 10.9. The molecule has 0 radical (unpaired) electrons. The number of hydrogen-bond donors (Lipinski definition) is 2. The Balaban J connectivity index is 1.88. The lowest BCUT2D eigenvalue weighted by Gasteiger charge is -2.50. The van der Waals surface area contributed by atoms with Crippen LogP contribution in [0.1, 0.15) is 46.1 Å². The van der Waals surface area contributed by atoms with Crippen LogP contribution in [0.3, 0.4) is 0 Å². The van der Waals surface area contributed by atoms with Crippen molar-refractivity contribution in [2.75, 3.05) is 24.3 Å². The van der Waals surface area contributed by atoms with Gasteiger partial charge in [0.05, 0.1) is 10.0 Å². The lowest BCUT2D eigenvalue weighted by molar-refractivity contribution is 0.101. The van der Waals surface area contributed by atoms with E-state index in [1.165, 1.54) is 11.3 Å². The highest BCUT2D eigenvalue weighted by Gasteiger charge is 2.40. The molecule has 1 heterocycles. The molecule has 2 aromatic carbocycles. The molecule has 1 fully saturated rings. The number of nitrogens with zero attached hydrogens (tertiary/aromatic N) is 2. The second kappa shape index (κ2) is 9.76. The molecule has 0 saturated carbocycles. The van der Waals surface area contributed by atoms with Crippen molar-refractivity contribution in [2.45, 2.75) is 64.2 Å². The van der Waals surface area contributed by atoms with E-state index < -0.39 is 0 Å². The average Bonchev–Trinajstić information content (AvgIpc) is 2.66. The van der Waals surface area contributed by atoms with E-state index in [9.17, 15) is 0 Å². The summed E-state index contributed by atoms with van der Waals surface area (Å²) in [7, 11) is 4.10. The average molecular weight is 494 g/mol. The van der Waals surface area contributed by atoms with Gasteiger partial charge >= 0.3 is 0 Å². The summed E-state index contributed by atoms with van der Waals surface area (Å²) in [6.45, 7) is 9.79. The highest BCUT2D eigenvalue weighted by molar-refractivity contribution is 7.80. The first-order chi connectivity index (χ1) is 14.8. The Morgan fingerprint density at radius 1 is 1.00 bits per heavy atom. The van der Waals surface area contributed by atoms with Crippen molar-refractivity contribution < 1.29 is 0 Å². The number of anilines is 2. The molecular formula is C25H34Cl2N4S. The maximum Gasteiger partial charge on any atom is 0.173 e. The summed E-state index contributed by atoms with van der Waals surface area (Å²) in [4.78, 5) is 4.43. The minimum atomic E-state index is 0.0125.